The minimum atomic E-state index is -0.590. The van der Waals surface area contributed by atoms with Crippen LogP contribution in [0.2, 0.25) is 0 Å². The molecular formula is C10H15N3O2. The van der Waals surface area contributed by atoms with E-state index in [2.05, 4.69) is 15.3 Å². The van der Waals surface area contributed by atoms with Crippen LogP contribution in [-0.2, 0) is 0 Å². The predicted octanol–water partition coefficient (Wildman–Crippen LogP) is 0.367. The number of aromatic nitrogens is 2. The summed E-state index contributed by atoms with van der Waals surface area (Å²) in [7, 11) is 0. The predicted molar refractivity (Wildman–Crippen MR) is 55.3 cm³/mol. The molecule has 0 aliphatic heterocycles. The summed E-state index contributed by atoms with van der Waals surface area (Å²) in [5.74, 6) is -0.269. The van der Waals surface area contributed by atoms with Gasteiger partial charge in [-0.15, -0.1) is 0 Å². The molecule has 0 radical (unpaired) electrons. The Morgan fingerprint density at radius 3 is 2.60 bits per heavy atom. The maximum atomic E-state index is 11.7. The number of aliphatic hydroxyl groups excluding tert-OH is 1. The van der Waals surface area contributed by atoms with Gasteiger partial charge in [-0.05, 0) is 13.3 Å². The highest BCUT2D eigenvalue weighted by Crippen LogP contribution is 2.08. The second-order valence-corrected chi connectivity index (χ2v) is 3.65. The van der Waals surface area contributed by atoms with E-state index in [0.29, 0.717) is 12.0 Å². The average molecular weight is 209 g/mol. The van der Waals surface area contributed by atoms with Crippen molar-refractivity contribution < 1.29 is 9.90 Å². The van der Waals surface area contributed by atoms with Crippen molar-refractivity contribution in [1.82, 2.24) is 15.3 Å². The Balaban J connectivity index is 2.72. The van der Waals surface area contributed by atoms with Gasteiger partial charge in [0.2, 0.25) is 0 Å². The van der Waals surface area contributed by atoms with E-state index in [9.17, 15) is 4.79 Å². The van der Waals surface area contributed by atoms with E-state index in [4.69, 9.17) is 5.11 Å². The van der Waals surface area contributed by atoms with Crippen LogP contribution >= 0.6 is 0 Å². The van der Waals surface area contributed by atoms with Gasteiger partial charge in [0.05, 0.1) is 17.7 Å². The lowest BCUT2D eigenvalue weighted by molar-refractivity contribution is 0.0846. The van der Waals surface area contributed by atoms with E-state index in [1.54, 1.807) is 6.92 Å². The first kappa shape index (κ1) is 11.6. The van der Waals surface area contributed by atoms with E-state index in [0.717, 1.165) is 0 Å². The molecule has 0 aliphatic rings. The number of carbonyl (C=O) groups excluding carboxylic acids is 1. The van der Waals surface area contributed by atoms with Crippen molar-refractivity contribution in [3.63, 3.8) is 0 Å². The van der Waals surface area contributed by atoms with Crippen molar-refractivity contribution in [3.05, 3.63) is 24.3 Å². The first-order valence-electron chi connectivity index (χ1n) is 4.79. The Hall–Kier alpha value is -1.49. The van der Waals surface area contributed by atoms with Crippen LogP contribution in [0.5, 0.6) is 0 Å². The molecule has 1 aromatic heterocycles. The van der Waals surface area contributed by atoms with Crippen molar-refractivity contribution in [2.24, 2.45) is 0 Å². The lowest BCUT2D eigenvalue weighted by atomic mass is 10.00. The molecule has 2 N–H and O–H groups in total. The second kappa shape index (κ2) is 4.84. The highest BCUT2D eigenvalue weighted by molar-refractivity contribution is 5.94. The molecule has 1 unspecified atom stereocenters. The largest absolute Gasteiger partial charge is 0.394 e. The van der Waals surface area contributed by atoms with Crippen molar-refractivity contribution in [3.8, 4) is 0 Å². The SMILES string of the molecule is CCC(C)(CO)NC(=O)c1cncnc1. The van der Waals surface area contributed by atoms with Crippen LogP contribution in [0.1, 0.15) is 30.6 Å². The van der Waals surface area contributed by atoms with Crippen LogP contribution in [-0.4, -0.2) is 33.1 Å². The molecule has 1 heterocycles. The molecule has 5 heteroatoms. The van der Waals surface area contributed by atoms with Gasteiger partial charge in [-0.2, -0.15) is 0 Å². The number of nitrogens with zero attached hydrogens (tertiary/aromatic N) is 2. The molecule has 15 heavy (non-hydrogen) atoms. The molecule has 0 spiro atoms. The number of hydrogen-bond acceptors (Lipinski definition) is 4. The van der Waals surface area contributed by atoms with E-state index < -0.39 is 5.54 Å². The van der Waals surface area contributed by atoms with E-state index in [-0.39, 0.29) is 12.5 Å². The molecule has 1 atom stereocenters. The van der Waals surface area contributed by atoms with Crippen molar-refractivity contribution in [2.75, 3.05) is 6.61 Å². The van der Waals surface area contributed by atoms with Gasteiger partial charge in [0.1, 0.15) is 6.33 Å². The van der Waals surface area contributed by atoms with E-state index >= 15 is 0 Å². The first-order valence-corrected chi connectivity index (χ1v) is 4.79. The summed E-state index contributed by atoms with van der Waals surface area (Å²) in [4.78, 5) is 19.2. The zero-order chi connectivity index (χ0) is 11.3. The smallest absolute Gasteiger partial charge is 0.254 e. The van der Waals surface area contributed by atoms with Gasteiger partial charge >= 0.3 is 0 Å². The number of aliphatic hydroxyl groups is 1. The van der Waals surface area contributed by atoms with Crippen LogP contribution in [0.4, 0.5) is 0 Å². The molecule has 0 saturated carbocycles. The number of nitrogens with one attached hydrogen (secondary N) is 1. The standard InChI is InChI=1S/C10H15N3O2/c1-3-10(2,6-14)13-9(15)8-4-11-7-12-5-8/h4-5,7,14H,3,6H2,1-2H3,(H,13,15). The molecule has 5 nitrogen and oxygen atoms in total. The van der Waals surface area contributed by atoms with Gasteiger partial charge in [0.25, 0.3) is 5.91 Å². The Morgan fingerprint density at radius 2 is 2.13 bits per heavy atom. The zero-order valence-electron chi connectivity index (χ0n) is 8.90. The monoisotopic (exact) mass is 209 g/mol. The third-order valence-corrected chi connectivity index (χ3v) is 2.37. The molecule has 1 amide bonds. The fraction of sp³-hybridized carbons (Fsp3) is 0.500. The lowest BCUT2D eigenvalue weighted by Crippen LogP contribution is -2.48. The van der Waals surface area contributed by atoms with Gasteiger partial charge in [-0.1, -0.05) is 6.92 Å². The molecular weight excluding hydrogens is 194 g/mol. The Morgan fingerprint density at radius 1 is 1.53 bits per heavy atom. The van der Waals surface area contributed by atoms with Crippen molar-refractivity contribution in [2.45, 2.75) is 25.8 Å². The molecule has 82 valence electrons. The number of carbonyl (C=O) groups is 1. The fourth-order valence-electron chi connectivity index (χ4n) is 1.00. The normalized spacial score (nSPS) is 14.3. The van der Waals surface area contributed by atoms with Gasteiger partial charge in [-0.25, -0.2) is 9.97 Å². The Kier molecular flexibility index (Phi) is 3.74. The summed E-state index contributed by atoms with van der Waals surface area (Å²) in [6, 6.07) is 0. The zero-order valence-corrected chi connectivity index (χ0v) is 8.90. The minimum Gasteiger partial charge on any atom is -0.394 e. The number of amides is 1. The summed E-state index contributed by atoms with van der Waals surface area (Å²) in [6.45, 7) is 3.59. The molecule has 0 bridgehead atoms. The maximum absolute atomic E-state index is 11.7. The third-order valence-electron chi connectivity index (χ3n) is 2.37. The van der Waals surface area contributed by atoms with Gasteiger partial charge < -0.3 is 10.4 Å². The molecule has 0 aliphatic carbocycles. The minimum absolute atomic E-state index is 0.0943. The summed E-state index contributed by atoms with van der Waals surface area (Å²) in [5.41, 5.74) is -0.196. The highest BCUT2D eigenvalue weighted by Gasteiger charge is 2.23. The Labute approximate surface area is 88.6 Å². The average Bonchev–Trinajstić information content (AvgIpc) is 2.30. The molecule has 0 aromatic carbocycles. The fourth-order valence-corrected chi connectivity index (χ4v) is 1.00. The quantitative estimate of drug-likeness (QED) is 0.751. The molecule has 0 saturated heterocycles. The second-order valence-electron chi connectivity index (χ2n) is 3.65. The number of rotatable bonds is 4. The van der Waals surface area contributed by atoms with Crippen LogP contribution in [0.15, 0.2) is 18.7 Å². The van der Waals surface area contributed by atoms with Crippen LogP contribution in [0, 0.1) is 0 Å². The summed E-state index contributed by atoms with van der Waals surface area (Å²) in [5, 5.41) is 11.9. The Bertz CT molecular complexity index is 323. The summed E-state index contributed by atoms with van der Waals surface area (Å²) < 4.78 is 0. The van der Waals surface area contributed by atoms with Gasteiger partial charge in [0.15, 0.2) is 0 Å². The summed E-state index contributed by atoms with van der Waals surface area (Å²) >= 11 is 0. The highest BCUT2D eigenvalue weighted by atomic mass is 16.3. The van der Waals surface area contributed by atoms with Crippen LogP contribution in [0.3, 0.4) is 0 Å². The van der Waals surface area contributed by atoms with E-state index in [1.807, 2.05) is 6.92 Å². The third kappa shape index (κ3) is 2.99. The summed E-state index contributed by atoms with van der Waals surface area (Å²) in [6.07, 6.45) is 4.90. The van der Waals surface area contributed by atoms with Gasteiger partial charge in [-0.3, -0.25) is 4.79 Å². The first-order chi connectivity index (χ1) is 7.11. The van der Waals surface area contributed by atoms with Crippen molar-refractivity contribution >= 4 is 5.91 Å². The molecule has 1 aromatic rings. The maximum Gasteiger partial charge on any atom is 0.254 e. The van der Waals surface area contributed by atoms with Crippen molar-refractivity contribution in [1.29, 1.82) is 0 Å². The number of hydrogen-bond donors (Lipinski definition) is 2. The van der Waals surface area contributed by atoms with E-state index in [1.165, 1.54) is 18.7 Å². The van der Waals surface area contributed by atoms with Gasteiger partial charge in [0, 0.05) is 12.4 Å². The topological polar surface area (TPSA) is 75.1 Å². The molecule has 0 fully saturated rings. The van der Waals surface area contributed by atoms with Crippen LogP contribution in [0.25, 0.3) is 0 Å². The van der Waals surface area contributed by atoms with Crippen LogP contribution < -0.4 is 5.32 Å². The molecule has 1 rings (SSSR count). The lowest BCUT2D eigenvalue weighted by Gasteiger charge is -2.26.